The summed E-state index contributed by atoms with van der Waals surface area (Å²) in [6.45, 7) is 2.18. The Kier molecular flexibility index (Phi) is 4.12. The molecule has 1 N–H and O–H groups in total. The number of cyclic esters (lactones) is 1. The van der Waals surface area contributed by atoms with Crippen LogP contribution in [0.4, 0.5) is 10.5 Å². The molecule has 1 aromatic heterocycles. The lowest BCUT2D eigenvalue weighted by Crippen LogP contribution is -2.33. The van der Waals surface area contributed by atoms with Gasteiger partial charge in [-0.2, -0.15) is 0 Å². The molecule has 0 unspecified atom stereocenters. The molecule has 0 saturated carbocycles. The Morgan fingerprint density at radius 2 is 2.32 bits per heavy atom. The molecule has 25 heavy (non-hydrogen) atoms. The zero-order valence-electron chi connectivity index (χ0n) is 13.7. The van der Waals surface area contributed by atoms with Gasteiger partial charge in [0.05, 0.1) is 19.3 Å². The molecule has 0 spiro atoms. The van der Waals surface area contributed by atoms with Crippen LogP contribution >= 0.6 is 11.8 Å². The van der Waals surface area contributed by atoms with Gasteiger partial charge in [0.1, 0.15) is 11.9 Å². The summed E-state index contributed by atoms with van der Waals surface area (Å²) in [6.07, 6.45) is 1.84. The fourth-order valence-electron chi connectivity index (χ4n) is 3.03. The molecule has 4 rings (SSSR count). The van der Waals surface area contributed by atoms with E-state index in [4.69, 9.17) is 9.26 Å². The van der Waals surface area contributed by atoms with Crippen molar-refractivity contribution in [3.8, 4) is 11.1 Å². The highest BCUT2D eigenvalue weighted by atomic mass is 32.2. The second-order valence-corrected chi connectivity index (χ2v) is 7.13. The van der Waals surface area contributed by atoms with E-state index in [1.807, 2.05) is 18.2 Å². The first kappa shape index (κ1) is 16.0. The molecule has 1 fully saturated rings. The van der Waals surface area contributed by atoms with Crippen LogP contribution in [0.2, 0.25) is 0 Å². The molecule has 2 amide bonds. The average Bonchev–Trinajstić information content (AvgIpc) is 3.15. The van der Waals surface area contributed by atoms with Gasteiger partial charge >= 0.3 is 6.09 Å². The average molecular weight is 359 g/mol. The SMILES string of the molecule is CC(=O)NC[C@H]1CN(c2ccc3c(c2)SCCc2oncc2-3)C(=O)O1. The number of fused-ring (bicyclic) bond motifs is 3. The zero-order chi connectivity index (χ0) is 17.4. The third kappa shape index (κ3) is 3.09. The van der Waals surface area contributed by atoms with Gasteiger partial charge < -0.3 is 14.6 Å². The first-order valence-corrected chi connectivity index (χ1v) is 9.04. The number of carbonyl (C=O) groups excluding carboxylic acids is 2. The summed E-state index contributed by atoms with van der Waals surface area (Å²) in [5, 5.41) is 6.58. The second kappa shape index (κ2) is 6.44. The highest BCUT2D eigenvalue weighted by molar-refractivity contribution is 7.99. The van der Waals surface area contributed by atoms with Crippen molar-refractivity contribution in [3.63, 3.8) is 0 Å². The molecule has 1 aromatic carbocycles. The Morgan fingerprint density at radius 3 is 3.16 bits per heavy atom. The first-order valence-electron chi connectivity index (χ1n) is 8.05. The molecule has 0 bridgehead atoms. The molecule has 0 aliphatic carbocycles. The molecule has 2 aliphatic rings. The maximum absolute atomic E-state index is 12.2. The smallest absolute Gasteiger partial charge is 0.414 e. The Balaban J connectivity index is 1.58. The summed E-state index contributed by atoms with van der Waals surface area (Å²) in [5.41, 5.74) is 2.88. The zero-order valence-corrected chi connectivity index (χ0v) is 14.5. The van der Waals surface area contributed by atoms with Crippen molar-refractivity contribution < 1.29 is 18.8 Å². The summed E-state index contributed by atoms with van der Waals surface area (Å²) in [7, 11) is 0. The van der Waals surface area contributed by atoms with E-state index in [0.717, 1.165) is 39.6 Å². The largest absolute Gasteiger partial charge is 0.442 e. The summed E-state index contributed by atoms with van der Waals surface area (Å²) in [6, 6.07) is 5.90. The van der Waals surface area contributed by atoms with Gasteiger partial charge in [-0.3, -0.25) is 9.69 Å². The van der Waals surface area contributed by atoms with Crippen LogP contribution in [0.25, 0.3) is 11.1 Å². The van der Waals surface area contributed by atoms with Gasteiger partial charge in [-0.1, -0.05) is 11.2 Å². The van der Waals surface area contributed by atoms with Crippen LogP contribution in [0.15, 0.2) is 33.8 Å². The van der Waals surface area contributed by atoms with Crippen LogP contribution in [-0.2, 0) is 16.0 Å². The number of aromatic nitrogens is 1. The lowest BCUT2D eigenvalue weighted by atomic mass is 10.1. The van der Waals surface area contributed by atoms with Gasteiger partial charge in [0.25, 0.3) is 0 Å². The number of aryl methyl sites for hydroxylation is 1. The lowest BCUT2D eigenvalue weighted by molar-refractivity contribution is -0.119. The molecule has 8 heteroatoms. The van der Waals surface area contributed by atoms with E-state index in [1.165, 1.54) is 6.92 Å². The van der Waals surface area contributed by atoms with E-state index in [1.54, 1.807) is 22.9 Å². The molecule has 130 valence electrons. The van der Waals surface area contributed by atoms with Crippen molar-refractivity contribution in [2.45, 2.75) is 24.3 Å². The van der Waals surface area contributed by atoms with E-state index in [9.17, 15) is 9.59 Å². The van der Waals surface area contributed by atoms with Crippen LogP contribution in [-0.4, -0.2) is 42.1 Å². The van der Waals surface area contributed by atoms with Crippen molar-refractivity contribution >= 4 is 29.4 Å². The third-order valence-electron chi connectivity index (χ3n) is 4.25. The molecule has 3 heterocycles. The van der Waals surface area contributed by atoms with Gasteiger partial charge in [-0.05, 0) is 12.1 Å². The maximum Gasteiger partial charge on any atom is 0.414 e. The molecule has 2 aromatic rings. The highest BCUT2D eigenvalue weighted by Gasteiger charge is 2.33. The predicted molar refractivity (Wildman–Crippen MR) is 92.7 cm³/mol. The van der Waals surface area contributed by atoms with Crippen molar-refractivity contribution in [3.05, 3.63) is 30.2 Å². The summed E-state index contributed by atoms with van der Waals surface area (Å²) >= 11 is 1.74. The Bertz CT molecular complexity index is 835. The summed E-state index contributed by atoms with van der Waals surface area (Å²) < 4.78 is 10.6. The number of nitrogens with zero attached hydrogens (tertiary/aromatic N) is 2. The molecule has 7 nitrogen and oxygen atoms in total. The molecule has 0 radical (unpaired) electrons. The predicted octanol–water partition coefficient (Wildman–Crippen LogP) is 2.45. The molecular weight excluding hydrogens is 342 g/mol. The number of ether oxygens (including phenoxy) is 1. The van der Waals surface area contributed by atoms with E-state index >= 15 is 0 Å². The number of amides is 2. The monoisotopic (exact) mass is 359 g/mol. The van der Waals surface area contributed by atoms with Crippen LogP contribution in [0.5, 0.6) is 0 Å². The van der Waals surface area contributed by atoms with Gasteiger partial charge in [0, 0.05) is 40.8 Å². The molecule has 1 atom stereocenters. The number of hydrogen-bond acceptors (Lipinski definition) is 6. The third-order valence-corrected chi connectivity index (χ3v) is 5.31. The summed E-state index contributed by atoms with van der Waals surface area (Å²) in [4.78, 5) is 25.9. The summed E-state index contributed by atoms with van der Waals surface area (Å²) in [5.74, 6) is 1.66. The van der Waals surface area contributed by atoms with E-state index in [-0.39, 0.29) is 18.1 Å². The minimum atomic E-state index is -0.389. The quantitative estimate of drug-likeness (QED) is 0.906. The number of thioether (sulfide) groups is 1. The van der Waals surface area contributed by atoms with E-state index < -0.39 is 0 Å². The van der Waals surface area contributed by atoms with Gasteiger partial charge in [-0.15, -0.1) is 11.8 Å². The number of carbonyl (C=O) groups is 2. The van der Waals surface area contributed by atoms with Gasteiger partial charge in [0.2, 0.25) is 5.91 Å². The van der Waals surface area contributed by atoms with Crippen molar-refractivity contribution in [1.29, 1.82) is 0 Å². The maximum atomic E-state index is 12.2. The number of nitrogens with one attached hydrogen (secondary N) is 1. The fourth-order valence-corrected chi connectivity index (χ4v) is 4.08. The van der Waals surface area contributed by atoms with Crippen molar-refractivity contribution in [2.24, 2.45) is 0 Å². The van der Waals surface area contributed by atoms with Crippen molar-refractivity contribution in [1.82, 2.24) is 10.5 Å². The standard InChI is InChI=1S/C17H17N3O4S/c1-10(21)18-7-12-9-20(17(22)23-12)11-2-3-13-14-8-19-24-15(14)4-5-25-16(13)6-11/h2-3,6,8,12H,4-5,7,9H2,1H3,(H,18,21)/t12-/m0/s1. The second-order valence-electron chi connectivity index (χ2n) is 6.00. The van der Waals surface area contributed by atoms with E-state index in [2.05, 4.69) is 10.5 Å². The Hall–Kier alpha value is -2.48. The molecular formula is C17H17N3O4S. The Labute approximate surface area is 148 Å². The van der Waals surface area contributed by atoms with Crippen LogP contribution in [0, 0.1) is 0 Å². The topological polar surface area (TPSA) is 84.7 Å². The van der Waals surface area contributed by atoms with E-state index in [0.29, 0.717) is 13.1 Å². The van der Waals surface area contributed by atoms with Crippen LogP contribution in [0.3, 0.4) is 0 Å². The van der Waals surface area contributed by atoms with Gasteiger partial charge in [0.15, 0.2) is 0 Å². The molecule has 1 saturated heterocycles. The first-order chi connectivity index (χ1) is 12.1. The fraction of sp³-hybridized carbons (Fsp3) is 0.353. The minimum absolute atomic E-state index is 0.138. The minimum Gasteiger partial charge on any atom is -0.442 e. The van der Waals surface area contributed by atoms with Crippen LogP contribution < -0.4 is 10.2 Å². The van der Waals surface area contributed by atoms with Gasteiger partial charge in [-0.25, -0.2) is 4.79 Å². The number of anilines is 1. The number of rotatable bonds is 3. The van der Waals surface area contributed by atoms with Crippen molar-refractivity contribution in [2.75, 3.05) is 23.7 Å². The number of benzene rings is 1. The highest BCUT2D eigenvalue weighted by Crippen LogP contribution is 2.40. The lowest BCUT2D eigenvalue weighted by Gasteiger charge is -2.15. The Morgan fingerprint density at radius 1 is 1.44 bits per heavy atom. The normalized spacial score (nSPS) is 19.0. The van der Waals surface area contributed by atoms with Crippen LogP contribution in [0.1, 0.15) is 12.7 Å². The molecule has 2 aliphatic heterocycles. The number of hydrogen-bond donors (Lipinski definition) is 1.